The van der Waals surface area contributed by atoms with Gasteiger partial charge in [0.05, 0.1) is 11.7 Å². The van der Waals surface area contributed by atoms with Gasteiger partial charge in [-0.1, -0.05) is 72.2 Å². The van der Waals surface area contributed by atoms with E-state index in [-0.39, 0.29) is 52.5 Å². The van der Waals surface area contributed by atoms with Gasteiger partial charge in [0.2, 0.25) is 0 Å². The molecular formula is C36H52O4. The van der Waals surface area contributed by atoms with Gasteiger partial charge >= 0.3 is 5.97 Å². The molecule has 0 saturated heterocycles. The SMILES string of the molecule is CC(C)[C@H](C)C[C@H](O)[C@@H](C)[C@H]1CC[C@@H]2C3=CC(=O)[C@@H]4[C@H](C)[C@@H](OC(=O)c5ccccc5)CC[C@]4(C)[C@H]3CC[C@@]21C. The van der Waals surface area contributed by atoms with Crippen LogP contribution in [-0.4, -0.2) is 29.1 Å². The van der Waals surface area contributed by atoms with Gasteiger partial charge in [-0.2, -0.15) is 0 Å². The quantitative estimate of drug-likeness (QED) is 0.352. The van der Waals surface area contributed by atoms with Crippen molar-refractivity contribution in [2.24, 2.45) is 58.2 Å². The van der Waals surface area contributed by atoms with Crippen LogP contribution in [0, 0.1) is 58.2 Å². The minimum absolute atomic E-state index is 0.000495. The molecule has 0 aliphatic heterocycles. The Labute approximate surface area is 242 Å². The predicted molar refractivity (Wildman–Crippen MR) is 160 cm³/mol. The van der Waals surface area contributed by atoms with Crippen molar-refractivity contribution in [1.29, 1.82) is 0 Å². The number of rotatable bonds is 7. The molecule has 4 aliphatic rings. The third-order valence-corrected chi connectivity index (χ3v) is 12.6. The van der Waals surface area contributed by atoms with Crippen LogP contribution in [0.2, 0.25) is 0 Å². The molecule has 0 amide bonds. The van der Waals surface area contributed by atoms with Crippen molar-refractivity contribution in [2.75, 3.05) is 0 Å². The number of aliphatic hydroxyl groups is 1. The van der Waals surface area contributed by atoms with E-state index in [1.807, 2.05) is 24.3 Å². The fourth-order valence-corrected chi connectivity index (χ4v) is 9.81. The molecule has 0 aromatic heterocycles. The fraction of sp³-hybridized carbons (Fsp3) is 0.722. The summed E-state index contributed by atoms with van der Waals surface area (Å²) < 4.78 is 6.02. The van der Waals surface area contributed by atoms with Gasteiger partial charge in [-0.3, -0.25) is 4.79 Å². The summed E-state index contributed by atoms with van der Waals surface area (Å²) in [6.07, 6.45) is 8.68. The van der Waals surface area contributed by atoms with E-state index in [1.54, 1.807) is 12.1 Å². The highest BCUT2D eigenvalue weighted by Crippen LogP contribution is 2.67. The van der Waals surface area contributed by atoms with Gasteiger partial charge < -0.3 is 9.84 Å². The second-order valence-corrected chi connectivity index (χ2v) is 15.0. The van der Waals surface area contributed by atoms with E-state index in [0.717, 1.165) is 38.5 Å². The molecule has 3 fully saturated rings. The molecule has 11 atom stereocenters. The van der Waals surface area contributed by atoms with Crippen molar-refractivity contribution >= 4 is 11.8 Å². The van der Waals surface area contributed by atoms with Crippen LogP contribution < -0.4 is 0 Å². The van der Waals surface area contributed by atoms with E-state index in [0.29, 0.717) is 35.2 Å². The first kappa shape index (κ1) is 29.5. The Hall–Kier alpha value is -1.94. The van der Waals surface area contributed by atoms with Crippen LogP contribution in [0.1, 0.15) is 104 Å². The Kier molecular flexibility index (Phi) is 8.16. The number of aliphatic hydroxyl groups excluding tert-OH is 1. The van der Waals surface area contributed by atoms with Gasteiger partial charge in [-0.15, -0.1) is 0 Å². The van der Waals surface area contributed by atoms with Gasteiger partial charge in [-0.05, 0) is 109 Å². The number of esters is 1. The Balaban J connectivity index is 1.34. The van der Waals surface area contributed by atoms with Crippen molar-refractivity contribution in [3.63, 3.8) is 0 Å². The van der Waals surface area contributed by atoms with Gasteiger partial charge in [0.15, 0.2) is 5.78 Å². The molecule has 3 saturated carbocycles. The molecule has 0 unspecified atom stereocenters. The standard InChI is InChI=1S/C36H52O4/c1-21(2)22(3)19-30(37)23(4)27-13-14-28-26-20-31(38)33-24(5)32(40-34(39)25-11-9-8-10-12-25)16-18-36(33,7)29(26)15-17-35(27,28)6/h8-12,20-24,27-30,32-33,37H,13-19H2,1-7H3/t22-,23+,24-,27-,28-,29+,30+,32+,33+,35-,36-/m1/s1. The van der Waals surface area contributed by atoms with Gasteiger partial charge in [0.25, 0.3) is 0 Å². The van der Waals surface area contributed by atoms with Crippen LogP contribution in [0.15, 0.2) is 42.0 Å². The van der Waals surface area contributed by atoms with Crippen molar-refractivity contribution in [1.82, 2.24) is 0 Å². The van der Waals surface area contributed by atoms with E-state index < -0.39 is 0 Å². The first-order chi connectivity index (χ1) is 18.9. The average Bonchev–Trinajstić information content (AvgIpc) is 3.27. The summed E-state index contributed by atoms with van der Waals surface area (Å²) in [5.74, 6) is 2.54. The second-order valence-electron chi connectivity index (χ2n) is 15.0. The molecule has 4 nitrogen and oxygen atoms in total. The van der Waals surface area contributed by atoms with Gasteiger partial charge in [0, 0.05) is 11.8 Å². The zero-order valence-corrected chi connectivity index (χ0v) is 25.9. The molecule has 0 heterocycles. The largest absolute Gasteiger partial charge is 0.458 e. The normalized spacial score (nSPS) is 39.4. The highest BCUT2D eigenvalue weighted by Gasteiger charge is 2.61. The first-order valence-electron chi connectivity index (χ1n) is 16.1. The molecule has 4 heteroatoms. The third-order valence-electron chi connectivity index (χ3n) is 12.6. The molecule has 0 bridgehead atoms. The lowest BCUT2D eigenvalue weighted by Gasteiger charge is -2.58. The first-order valence-corrected chi connectivity index (χ1v) is 16.1. The molecule has 1 aromatic carbocycles. The molecule has 1 N–H and O–H groups in total. The Bertz CT molecular complexity index is 1120. The predicted octanol–water partition coefficient (Wildman–Crippen LogP) is 7.90. The van der Waals surface area contributed by atoms with E-state index in [2.05, 4.69) is 48.5 Å². The van der Waals surface area contributed by atoms with Crippen LogP contribution in [0.3, 0.4) is 0 Å². The molecule has 1 aromatic rings. The number of hydrogen-bond acceptors (Lipinski definition) is 4. The van der Waals surface area contributed by atoms with E-state index in [4.69, 9.17) is 4.74 Å². The Morgan fingerprint density at radius 2 is 1.62 bits per heavy atom. The molecule has 0 radical (unpaired) electrons. The zero-order valence-electron chi connectivity index (χ0n) is 25.9. The number of carbonyl (C=O) groups is 2. The number of ketones is 1. The number of carbonyl (C=O) groups excluding carboxylic acids is 2. The lowest BCUT2D eigenvalue weighted by Crippen LogP contribution is -2.56. The molecule has 40 heavy (non-hydrogen) atoms. The minimum atomic E-state index is -0.287. The maximum atomic E-state index is 13.9. The summed E-state index contributed by atoms with van der Waals surface area (Å²) in [5, 5.41) is 11.3. The van der Waals surface area contributed by atoms with Crippen LogP contribution in [0.4, 0.5) is 0 Å². The van der Waals surface area contributed by atoms with E-state index >= 15 is 0 Å². The maximum Gasteiger partial charge on any atom is 0.338 e. The second kappa shape index (κ2) is 11.0. The zero-order chi connectivity index (χ0) is 29.0. The lowest BCUT2D eigenvalue weighted by molar-refractivity contribution is -0.140. The van der Waals surface area contributed by atoms with Crippen LogP contribution in [-0.2, 0) is 9.53 Å². The number of hydrogen-bond donors (Lipinski definition) is 1. The van der Waals surface area contributed by atoms with Crippen LogP contribution >= 0.6 is 0 Å². The monoisotopic (exact) mass is 548 g/mol. The highest BCUT2D eigenvalue weighted by molar-refractivity contribution is 5.95. The molecular weight excluding hydrogens is 496 g/mol. The summed E-state index contributed by atoms with van der Waals surface area (Å²) in [5.41, 5.74) is 2.03. The molecule has 220 valence electrons. The van der Waals surface area contributed by atoms with Gasteiger partial charge in [-0.25, -0.2) is 4.79 Å². The van der Waals surface area contributed by atoms with E-state index in [1.165, 1.54) is 12.0 Å². The summed E-state index contributed by atoms with van der Waals surface area (Å²) in [6.45, 7) is 16.0. The Morgan fingerprint density at radius 1 is 0.975 bits per heavy atom. The van der Waals surface area contributed by atoms with E-state index in [9.17, 15) is 14.7 Å². The topological polar surface area (TPSA) is 63.6 Å². The summed E-state index contributed by atoms with van der Waals surface area (Å²) in [4.78, 5) is 26.8. The Morgan fingerprint density at radius 3 is 2.30 bits per heavy atom. The fourth-order valence-electron chi connectivity index (χ4n) is 9.81. The number of ether oxygens (including phenoxy) is 1. The average molecular weight is 549 g/mol. The van der Waals surface area contributed by atoms with Crippen molar-refractivity contribution in [2.45, 2.75) is 106 Å². The number of fused-ring (bicyclic) bond motifs is 5. The number of allylic oxidation sites excluding steroid dienone is 2. The molecule has 4 aliphatic carbocycles. The summed E-state index contributed by atoms with van der Waals surface area (Å²) in [6, 6.07) is 9.19. The number of benzene rings is 1. The third kappa shape index (κ3) is 4.91. The smallest absolute Gasteiger partial charge is 0.338 e. The van der Waals surface area contributed by atoms with Gasteiger partial charge in [0.1, 0.15) is 6.10 Å². The minimum Gasteiger partial charge on any atom is -0.458 e. The van der Waals surface area contributed by atoms with Crippen molar-refractivity contribution < 1.29 is 19.4 Å². The summed E-state index contributed by atoms with van der Waals surface area (Å²) in [7, 11) is 0. The molecule has 5 rings (SSSR count). The highest BCUT2D eigenvalue weighted by atomic mass is 16.5. The maximum absolute atomic E-state index is 13.9. The van der Waals surface area contributed by atoms with Crippen molar-refractivity contribution in [3.8, 4) is 0 Å². The van der Waals surface area contributed by atoms with Crippen LogP contribution in [0.25, 0.3) is 0 Å². The summed E-state index contributed by atoms with van der Waals surface area (Å²) >= 11 is 0. The van der Waals surface area contributed by atoms with Crippen LogP contribution in [0.5, 0.6) is 0 Å². The lowest BCUT2D eigenvalue weighted by atomic mass is 9.46. The molecule has 0 spiro atoms. The van der Waals surface area contributed by atoms with Crippen molar-refractivity contribution in [3.05, 3.63) is 47.5 Å².